The van der Waals surface area contributed by atoms with E-state index in [0.29, 0.717) is 23.0 Å². The molecule has 5 heteroatoms. The average molecular weight is 298 g/mol. The van der Waals surface area contributed by atoms with Crippen LogP contribution in [0.5, 0.6) is 0 Å². The zero-order valence-electron chi connectivity index (χ0n) is 12.9. The van der Waals surface area contributed by atoms with Crippen LogP contribution in [0.15, 0.2) is 29.2 Å². The Bertz CT molecular complexity index is 514. The van der Waals surface area contributed by atoms with Crippen LogP contribution in [0.3, 0.4) is 0 Å². The van der Waals surface area contributed by atoms with Gasteiger partial charge >= 0.3 is 0 Å². The zero-order chi connectivity index (χ0) is 15.2. The summed E-state index contributed by atoms with van der Waals surface area (Å²) in [5.41, 5.74) is 0.686. The maximum Gasteiger partial charge on any atom is 0.244 e. The Kier molecular flexibility index (Phi) is 6.49. The van der Waals surface area contributed by atoms with E-state index in [9.17, 15) is 8.42 Å². The van der Waals surface area contributed by atoms with Crippen LogP contribution in [-0.2, 0) is 10.0 Å². The summed E-state index contributed by atoms with van der Waals surface area (Å²) < 4.78 is 26.8. The van der Waals surface area contributed by atoms with Gasteiger partial charge in [-0.25, -0.2) is 12.7 Å². The van der Waals surface area contributed by atoms with Gasteiger partial charge in [-0.1, -0.05) is 39.3 Å². The molecule has 0 heterocycles. The van der Waals surface area contributed by atoms with Gasteiger partial charge in [0.1, 0.15) is 4.90 Å². The lowest BCUT2D eigenvalue weighted by Crippen LogP contribution is -2.31. The fraction of sp³-hybridized carbons (Fsp3) is 0.600. The van der Waals surface area contributed by atoms with Crippen molar-refractivity contribution in [3.05, 3.63) is 24.3 Å². The Hall–Kier alpha value is -1.07. The lowest BCUT2D eigenvalue weighted by atomic mass is 10.1. The molecule has 0 saturated heterocycles. The molecule has 0 bridgehead atoms. The standard InChI is InChI=1S/C15H26N2O2S/c1-5-11-16-14-9-7-8-10-15(14)20(18,19)17(4)12-13(3)6-2/h7-10,13,16H,5-6,11-12H2,1-4H3. The van der Waals surface area contributed by atoms with Crippen molar-refractivity contribution in [2.75, 3.05) is 25.5 Å². The second-order valence-electron chi connectivity index (χ2n) is 5.22. The molecule has 114 valence electrons. The second-order valence-corrected chi connectivity index (χ2v) is 7.24. The third-order valence-electron chi connectivity index (χ3n) is 3.41. The Labute approximate surface area is 123 Å². The van der Waals surface area contributed by atoms with Crippen LogP contribution in [-0.4, -0.2) is 32.9 Å². The van der Waals surface area contributed by atoms with Crippen LogP contribution < -0.4 is 5.32 Å². The van der Waals surface area contributed by atoms with Crippen molar-refractivity contribution in [2.45, 2.75) is 38.5 Å². The van der Waals surface area contributed by atoms with Crippen molar-refractivity contribution in [3.8, 4) is 0 Å². The van der Waals surface area contributed by atoms with E-state index >= 15 is 0 Å². The maximum atomic E-state index is 12.7. The van der Waals surface area contributed by atoms with E-state index in [0.717, 1.165) is 19.4 Å². The van der Waals surface area contributed by atoms with Gasteiger partial charge in [0.05, 0.1) is 5.69 Å². The molecule has 1 aromatic carbocycles. The number of sulfonamides is 1. The minimum atomic E-state index is -3.43. The van der Waals surface area contributed by atoms with Crippen molar-refractivity contribution in [3.63, 3.8) is 0 Å². The lowest BCUT2D eigenvalue weighted by Gasteiger charge is -2.22. The van der Waals surface area contributed by atoms with Crippen LogP contribution in [0.2, 0.25) is 0 Å². The zero-order valence-corrected chi connectivity index (χ0v) is 13.7. The van der Waals surface area contributed by atoms with Crippen molar-refractivity contribution < 1.29 is 8.42 Å². The summed E-state index contributed by atoms with van der Waals surface area (Å²) in [6, 6.07) is 7.10. The van der Waals surface area contributed by atoms with Crippen LogP contribution in [0.1, 0.15) is 33.6 Å². The Morgan fingerprint density at radius 2 is 1.90 bits per heavy atom. The largest absolute Gasteiger partial charge is 0.384 e. The minimum Gasteiger partial charge on any atom is -0.384 e. The molecule has 0 saturated carbocycles. The van der Waals surface area contributed by atoms with Gasteiger partial charge in [-0.2, -0.15) is 0 Å². The highest BCUT2D eigenvalue weighted by atomic mass is 32.2. The van der Waals surface area contributed by atoms with Crippen molar-refractivity contribution in [1.29, 1.82) is 0 Å². The molecule has 0 radical (unpaired) electrons. The van der Waals surface area contributed by atoms with Gasteiger partial charge in [0.25, 0.3) is 0 Å². The SMILES string of the molecule is CCCNc1ccccc1S(=O)(=O)N(C)CC(C)CC. The molecule has 20 heavy (non-hydrogen) atoms. The molecule has 1 N–H and O–H groups in total. The first kappa shape index (κ1) is 17.0. The third-order valence-corrected chi connectivity index (χ3v) is 5.29. The smallest absolute Gasteiger partial charge is 0.244 e. The molecule has 0 aromatic heterocycles. The van der Waals surface area contributed by atoms with E-state index in [1.165, 1.54) is 4.31 Å². The normalized spacial score (nSPS) is 13.4. The predicted molar refractivity (Wildman–Crippen MR) is 84.5 cm³/mol. The highest BCUT2D eigenvalue weighted by Crippen LogP contribution is 2.24. The van der Waals surface area contributed by atoms with Gasteiger partial charge in [-0.3, -0.25) is 0 Å². The molecule has 4 nitrogen and oxygen atoms in total. The van der Waals surface area contributed by atoms with Crippen LogP contribution in [0, 0.1) is 5.92 Å². The maximum absolute atomic E-state index is 12.7. The Morgan fingerprint density at radius 1 is 1.25 bits per heavy atom. The number of nitrogens with zero attached hydrogens (tertiary/aromatic N) is 1. The molecular formula is C15H26N2O2S. The van der Waals surface area contributed by atoms with Crippen molar-refractivity contribution in [1.82, 2.24) is 4.31 Å². The molecular weight excluding hydrogens is 272 g/mol. The van der Waals surface area contributed by atoms with Crippen molar-refractivity contribution in [2.24, 2.45) is 5.92 Å². The quantitative estimate of drug-likeness (QED) is 0.802. The Balaban J connectivity index is 3.02. The summed E-state index contributed by atoms with van der Waals surface area (Å²) in [5, 5.41) is 3.19. The van der Waals surface area contributed by atoms with Crippen LogP contribution >= 0.6 is 0 Å². The predicted octanol–water partition coefficient (Wildman–Crippen LogP) is 3.18. The molecule has 1 aromatic rings. The minimum absolute atomic E-state index is 0.352. The van der Waals surface area contributed by atoms with Crippen LogP contribution in [0.4, 0.5) is 5.69 Å². The number of anilines is 1. The van der Waals surface area contributed by atoms with Gasteiger partial charge < -0.3 is 5.32 Å². The van der Waals surface area contributed by atoms with E-state index in [1.807, 2.05) is 12.1 Å². The molecule has 0 aliphatic heterocycles. The van der Waals surface area contributed by atoms with Gasteiger partial charge in [0.15, 0.2) is 0 Å². The molecule has 0 fully saturated rings. The first-order valence-electron chi connectivity index (χ1n) is 7.22. The molecule has 1 atom stereocenters. The molecule has 0 aliphatic carbocycles. The highest BCUT2D eigenvalue weighted by Gasteiger charge is 2.24. The topological polar surface area (TPSA) is 49.4 Å². The monoisotopic (exact) mass is 298 g/mol. The average Bonchev–Trinajstić information content (AvgIpc) is 2.45. The Morgan fingerprint density at radius 3 is 2.50 bits per heavy atom. The number of benzene rings is 1. The summed E-state index contributed by atoms with van der Waals surface area (Å²) in [7, 11) is -1.78. The van der Waals surface area contributed by atoms with Crippen molar-refractivity contribution >= 4 is 15.7 Å². The highest BCUT2D eigenvalue weighted by molar-refractivity contribution is 7.89. The van der Waals surface area contributed by atoms with E-state index in [2.05, 4.69) is 26.1 Å². The van der Waals surface area contributed by atoms with Gasteiger partial charge in [-0.05, 0) is 24.5 Å². The van der Waals surface area contributed by atoms with E-state index < -0.39 is 10.0 Å². The number of para-hydroxylation sites is 1. The summed E-state index contributed by atoms with van der Waals surface area (Å²) in [5.74, 6) is 0.352. The van der Waals surface area contributed by atoms with E-state index in [1.54, 1.807) is 19.2 Å². The molecule has 0 amide bonds. The summed E-state index contributed by atoms with van der Waals surface area (Å²) in [6.45, 7) is 7.50. The number of nitrogens with one attached hydrogen (secondary N) is 1. The van der Waals surface area contributed by atoms with Crippen LogP contribution in [0.25, 0.3) is 0 Å². The number of rotatable bonds is 8. The summed E-state index contributed by atoms with van der Waals surface area (Å²) in [4.78, 5) is 0.360. The molecule has 1 unspecified atom stereocenters. The van der Waals surface area contributed by atoms with Gasteiger partial charge in [0, 0.05) is 20.1 Å². The lowest BCUT2D eigenvalue weighted by molar-refractivity contribution is 0.394. The first-order valence-corrected chi connectivity index (χ1v) is 8.66. The second kappa shape index (κ2) is 7.64. The number of hydrogen-bond acceptors (Lipinski definition) is 3. The van der Waals surface area contributed by atoms with Gasteiger partial charge in [0.2, 0.25) is 10.0 Å². The van der Waals surface area contributed by atoms with Gasteiger partial charge in [-0.15, -0.1) is 0 Å². The molecule has 0 aliphatic rings. The summed E-state index contributed by atoms with van der Waals surface area (Å²) >= 11 is 0. The molecule has 1 rings (SSSR count). The third kappa shape index (κ3) is 4.21. The number of hydrogen-bond donors (Lipinski definition) is 1. The fourth-order valence-corrected chi connectivity index (χ4v) is 3.39. The first-order chi connectivity index (χ1) is 9.43. The summed E-state index contributed by atoms with van der Waals surface area (Å²) in [6.07, 6.45) is 1.92. The van der Waals surface area contributed by atoms with E-state index in [4.69, 9.17) is 0 Å². The fourth-order valence-electron chi connectivity index (χ4n) is 1.93. The van der Waals surface area contributed by atoms with E-state index in [-0.39, 0.29) is 0 Å². The molecule has 0 spiro atoms.